The summed E-state index contributed by atoms with van der Waals surface area (Å²) in [6, 6.07) is 6.62. The van der Waals surface area contributed by atoms with Crippen molar-refractivity contribution in [3.63, 3.8) is 0 Å². The minimum Gasteiger partial charge on any atom is -0.493 e. The molecule has 0 spiro atoms. The molecule has 6 nitrogen and oxygen atoms in total. The molecule has 0 unspecified atom stereocenters. The smallest absolute Gasteiger partial charge is 0.410 e. The molecule has 0 bridgehead atoms. The number of carbonyl (C=O) groups is 1. The van der Waals surface area contributed by atoms with Crippen LogP contribution in [0, 0.1) is 0 Å². The number of hydrogen-bond acceptors (Lipinski definition) is 5. The summed E-state index contributed by atoms with van der Waals surface area (Å²) in [6.45, 7) is 2.34. The molecule has 3 aliphatic rings. The van der Waals surface area contributed by atoms with Gasteiger partial charge in [-0.15, -0.1) is 0 Å². The average molecular weight is 374 g/mol. The summed E-state index contributed by atoms with van der Waals surface area (Å²) in [5.74, 6) is 1.38. The summed E-state index contributed by atoms with van der Waals surface area (Å²) in [7, 11) is 3.25. The number of ether oxygens (including phenoxy) is 3. The van der Waals surface area contributed by atoms with Gasteiger partial charge >= 0.3 is 6.09 Å². The van der Waals surface area contributed by atoms with Crippen molar-refractivity contribution in [2.45, 2.75) is 63.3 Å². The largest absolute Gasteiger partial charge is 0.493 e. The SMILES string of the molecule is COc1ccc(CN2C(=O)O[C@H]3CN(C4CCCCCC4)C[C@H]32)cc1OC. The van der Waals surface area contributed by atoms with Crippen LogP contribution in [-0.4, -0.2) is 61.4 Å². The first-order chi connectivity index (χ1) is 13.2. The van der Waals surface area contributed by atoms with E-state index in [1.165, 1.54) is 38.5 Å². The van der Waals surface area contributed by atoms with Crippen LogP contribution in [0.15, 0.2) is 18.2 Å². The molecular formula is C21H30N2O4. The maximum absolute atomic E-state index is 12.4. The molecule has 0 radical (unpaired) electrons. The Morgan fingerprint density at radius 2 is 1.78 bits per heavy atom. The van der Waals surface area contributed by atoms with Crippen molar-refractivity contribution in [3.05, 3.63) is 23.8 Å². The maximum atomic E-state index is 12.4. The van der Waals surface area contributed by atoms with Crippen LogP contribution in [0.2, 0.25) is 0 Å². The van der Waals surface area contributed by atoms with Crippen molar-refractivity contribution < 1.29 is 19.0 Å². The van der Waals surface area contributed by atoms with Gasteiger partial charge in [-0.2, -0.15) is 0 Å². The lowest BCUT2D eigenvalue weighted by Crippen LogP contribution is -2.40. The second-order valence-electron chi connectivity index (χ2n) is 7.91. The molecule has 4 rings (SSSR count). The van der Waals surface area contributed by atoms with Gasteiger partial charge in [0.2, 0.25) is 0 Å². The molecule has 0 N–H and O–H groups in total. The molecule has 27 heavy (non-hydrogen) atoms. The highest BCUT2D eigenvalue weighted by Gasteiger charge is 2.48. The van der Waals surface area contributed by atoms with Gasteiger partial charge in [0.25, 0.3) is 0 Å². The molecule has 1 aromatic carbocycles. The second-order valence-corrected chi connectivity index (χ2v) is 7.91. The molecule has 2 atom stereocenters. The van der Waals surface area contributed by atoms with E-state index in [0.29, 0.717) is 24.1 Å². The average Bonchev–Trinajstić information content (AvgIpc) is 3.07. The van der Waals surface area contributed by atoms with Gasteiger partial charge in [0, 0.05) is 25.7 Å². The van der Waals surface area contributed by atoms with Gasteiger partial charge in [0.05, 0.1) is 20.3 Å². The Bertz CT molecular complexity index is 672. The molecule has 1 aliphatic carbocycles. The highest BCUT2D eigenvalue weighted by molar-refractivity contribution is 5.71. The van der Waals surface area contributed by atoms with Crippen molar-refractivity contribution in [1.82, 2.24) is 9.80 Å². The van der Waals surface area contributed by atoms with E-state index in [9.17, 15) is 4.79 Å². The Morgan fingerprint density at radius 1 is 1.04 bits per heavy atom. The van der Waals surface area contributed by atoms with Crippen LogP contribution in [0.1, 0.15) is 44.1 Å². The molecule has 1 amide bonds. The van der Waals surface area contributed by atoms with Crippen molar-refractivity contribution in [2.24, 2.45) is 0 Å². The van der Waals surface area contributed by atoms with Crippen LogP contribution in [-0.2, 0) is 11.3 Å². The zero-order valence-corrected chi connectivity index (χ0v) is 16.4. The monoisotopic (exact) mass is 374 g/mol. The first-order valence-electron chi connectivity index (χ1n) is 10.1. The van der Waals surface area contributed by atoms with Gasteiger partial charge in [-0.1, -0.05) is 31.7 Å². The van der Waals surface area contributed by atoms with Crippen molar-refractivity contribution >= 4 is 6.09 Å². The first-order valence-corrected chi connectivity index (χ1v) is 10.1. The summed E-state index contributed by atoms with van der Waals surface area (Å²) in [5, 5.41) is 0. The van der Waals surface area contributed by atoms with E-state index in [1.54, 1.807) is 14.2 Å². The minimum atomic E-state index is -0.194. The highest BCUT2D eigenvalue weighted by Crippen LogP contribution is 2.34. The summed E-state index contributed by atoms with van der Waals surface area (Å²) in [4.78, 5) is 16.9. The van der Waals surface area contributed by atoms with Gasteiger partial charge in [-0.05, 0) is 30.5 Å². The summed E-state index contributed by atoms with van der Waals surface area (Å²) in [5.41, 5.74) is 1.03. The van der Waals surface area contributed by atoms with E-state index in [4.69, 9.17) is 14.2 Å². The van der Waals surface area contributed by atoms with Crippen LogP contribution < -0.4 is 9.47 Å². The van der Waals surface area contributed by atoms with Crippen LogP contribution in [0.3, 0.4) is 0 Å². The molecular weight excluding hydrogens is 344 g/mol. The van der Waals surface area contributed by atoms with Gasteiger partial charge in [-0.3, -0.25) is 9.80 Å². The number of amides is 1. The Labute approximate surface area is 161 Å². The fraction of sp³-hybridized carbons (Fsp3) is 0.667. The zero-order chi connectivity index (χ0) is 18.8. The summed E-state index contributed by atoms with van der Waals surface area (Å²) < 4.78 is 16.4. The lowest BCUT2D eigenvalue weighted by Gasteiger charge is -2.28. The van der Waals surface area contributed by atoms with Crippen molar-refractivity contribution in [3.8, 4) is 11.5 Å². The lowest BCUT2D eigenvalue weighted by atomic mass is 10.1. The Kier molecular flexibility index (Phi) is 5.43. The number of benzene rings is 1. The Morgan fingerprint density at radius 3 is 2.48 bits per heavy atom. The Hall–Kier alpha value is -1.95. The molecule has 6 heteroatoms. The summed E-state index contributed by atoms with van der Waals surface area (Å²) in [6.07, 6.45) is 7.74. The number of fused-ring (bicyclic) bond motifs is 1. The fourth-order valence-electron chi connectivity index (χ4n) is 4.81. The fourth-order valence-corrected chi connectivity index (χ4v) is 4.81. The van der Waals surface area contributed by atoms with Gasteiger partial charge in [0.1, 0.15) is 6.10 Å². The van der Waals surface area contributed by atoms with Gasteiger partial charge in [-0.25, -0.2) is 4.79 Å². The third-order valence-corrected chi connectivity index (χ3v) is 6.29. The van der Waals surface area contributed by atoms with E-state index in [-0.39, 0.29) is 18.2 Å². The van der Waals surface area contributed by atoms with E-state index in [1.807, 2.05) is 23.1 Å². The molecule has 3 fully saturated rings. The standard InChI is InChI=1S/C21H30N2O4/c1-25-18-10-9-15(11-19(18)26-2)12-23-17-13-22(14-20(17)27-21(23)24)16-7-5-3-4-6-8-16/h9-11,16-17,20H,3-8,12-14H2,1-2H3/t17-,20+/m1/s1. The molecule has 2 aliphatic heterocycles. The predicted octanol–water partition coefficient (Wildman–Crippen LogP) is 3.43. The number of rotatable bonds is 5. The molecule has 1 aromatic rings. The summed E-state index contributed by atoms with van der Waals surface area (Å²) >= 11 is 0. The Balaban J connectivity index is 1.45. The third kappa shape index (κ3) is 3.72. The number of nitrogens with zero attached hydrogens (tertiary/aromatic N) is 2. The topological polar surface area (TPSA) is 51.2 Å². The van der Waals surface area contributed by atoms with Crippen molar-refractivity contribution in [1.29, 1.82) is 0 Å². The van der Waals surface area contributed by atoms with E-state index in [2.05, 4.69) is 4.90 Å². The quantitative estimate of drug-likeness (QED) is 0.739. The van der Waals surface area contributed by atoms with E-state index < -0.39 is 0 Å². The predicted molar refractivity (Wildman–Crippen MR) is 102 cm³/mol. The number of methoxy groups -OCH3 is 2. The highest BCUT2D eigenvalue weighted by atomic mass is 16.6. The third-order valence-electron chi connectivity index (χ3n) is 6.29. The van der Waals surface area contributed by atoms with Gasteiger partial charge < -0.3 is 14.2 Å². The molecule has 148 valence electrons. The molecule has 2 heterocycles. The van der Waals surface area contributed by atoms with Crippen LogP contribution >= 0.6 is 0 Å². The second kappa shape index (κ2) is 7.97. The van der Waals surface area contributed by atoms with Gasteiger partial charge in [0.15, 0.2) is 11.5 Å². The number of hydrogen-bond donors (Lipinski definition) is 0. The number of likely N-dealkylation sites (tertiary alicyclic amines) is 1. The molecule has 1 saturated carbocycles. The first kappa shape index (κ1) is 18.4. The zero-order valence-electron chi connectivity index (χ0n) is 16.4. The van der Waals surface area contributed by atoms with E-state index in [0.717, 1.165) is 18.7 Å². The van der Waals surface area contributed by atoms with E-state index >= 15 is 0 Å². The lowest BCUT2D eigenvalue weighted by molar-refractivity contribution is 0.108. The van der Waals surface area contributed by atoms with Crippen molar-refractivity contribution in [2.75, 3.05) is 27.3 Å². The maximum Gasteiger partial charge on any atom is 0.410 e. The van der Waals surface area contributed by atoms with Crippen LogP contribution in [0.25, 0.3) is 0 Å². The number of carbonyl (C=O) groups excluding carboxylic acids is 1. The molecule has 0 aromatic heterocycles. The normalized spacial score (nSPS) is 26.6. The minimum absolute atomic E-state index is 0.000831. The molecule has 2 saturated heterocycles. The van der Waals surface area contributed by atoms with Crippen LogP contribution in [0.5, 0.6) is 11.5 Å². The van der Waals surface area contributed by atoms with Crippen LogP contribution in [0.4, 0.5) is 4.79 Å².